The lowest BCUT2D eigenvalue weighted by Crippen LogP contribution is -2.39. The molecule has 0 fully saturated rings. The van der Waals surface area contributed by atoms with Crippen molar-refractivity contribution in [2.45, 2.75) is 38.3 Å². The number of hydrogen-bond acceptors (Lipinski definition) is 3. The first-order valence-electron chi connectivity index (χ1n) is 6.62. The van der Waals surface area contributed by atoms with Crippen molar-refractivity contribution in [3.8, 4) is 0 Å². The number of nitrogens with one attached hydrogen (secondary N) is 1. The topological polar surface area (TPSA) is 58.6 Å². The normalized spacial score (nSPS) is 13.8. The largest absolute Gasteiger partial charge is 0.394 e. The average molecular weight is 265 g/mol. The van der Waals surface area contributed by atoms with Crippen LogP contribution in [0.15, 0.2) is 30.3 Å². The van der Waals surface area contributed by atoms with E-state index in [1.54, 1.807) is 7.11 Å². The van der Waals surface area contributed by atoms with E-state index in [-0.39, 0.29) is 24.7 Å². The van der Waals surface area contributed by atoms with Gasteiger partial charge in [0.05, 0.1) is 18.8 Å². The van der Waals surface area contributed by atoms with Gasteiger partial charge in [-0.05, 0) is 25.3 Å². The molecule has 0 saturated carbocycles. The standard InChI is InChI=1S/C15H23NO3/c1-12(19-2)8-9-15(18)16-14(11-17)10-13-6-4-3-5-7-13/h3-7,12,14,17H,8-11H2,1-2H3,(H,16,18)/t12?,14-/m1/s1. The Hall–Kier alpha value is -1.39. The van der Waals surface area contributed by atoms with E-state index < -0.39 is 0 Å². The number of benzene rings is 1. The van der Waals surface area contributed by atoms with Gasteiger partial charge in [0, 0.05) is 13.5 Å². The number of hydrogen-bond donors (Lipinski definition) is 2. The van der Waals surface area contributed by atoms with Gasteiger partial charge in [-0.15, -0.1) is 0 Å². The molecule has 2 atom stereocenters. The Labute approximate surface area is 114 Å². The molecule has 0 aliphatic heterocycles. The summed E-state index contributed by atoms with van der Waals surface area (Å²) in [6.07, 6.45) is 1.82. The van der Waals surface area contributed by atoms with Gasteiger partial charge in [0.25, 0.3) is 0 Å². The first-order chi connectivity index (χ1) is 9.15. The molecule has 0 heterocycles. The third-order valence-corrected chi connectivity index (χ3v) is 3.09. The number of methoxy groups -OCH3 is 1. The van der Waals surface area contributed by atoms with Crippen LogP contribution in [0.5, 0.6) is 0 Å². The lowest BCUT2D eigenvalue weighted by Gasteiger charge is -2.17. The molecule has 106 valence electrons. The lowest BCUT2D eigenvalue weighted by molar-refractivity contribution is -0.122. The van der Waals surface area contributed by atoms with Gasteiger partial charge in [0.15, 0.2) is 0 Å². The van der Waals surface area contributed by atoms with Crippen LogP contribution in [0.1, 0.15) is 25.3 Å². The monoisotopic (exact) mass is 265 g/mol. The van der Waals surface area contributed by atoms with Gasteiger partial charge in [-0.1, -0.05) is 30.3 Å². The number of carbonyl (C=O) groups is 1. The predicted octanol–water partition coefficient (Wildman–Crippen LogP) is 1.52. The summed E-state index contributed by atoms with van der Waals surface area (Å²) in [6, 6.07) is 9.59. The van der Waals surface area contributed by atoms with Gasteiger partial charge in [-0.3, -0.25) is 4.79 Å². The second-order valence-corrected chi connectivity index (χ2v) is 4.72. The van der Waals surface area contributed by atoms with Gasteiger partial charge >= 0.3 is 0 Å². The summed E-state index contributed by atoms with van der Waals surface area (Å²) in [7, 11) is 1.63. The van der Waals surface area contributed by atoms with Crippen LogP contribution in [0.2, 0.25) is 0 Å². The van der Waals surface area contributed by atoms with Crippen LogP contribution < -0.4 is 5.32 Å². The molecule has 1 unspecified atom stereocenters. The van der Waals surface area contributed by atoms with Crippen molar-refractivity contribution in [3.63, 3.8) is 0 Å². The maximum atomic E-state index is 11.7. The molecule has 0 aromatic heterocycles. The molecule has 0 aliphatic carbocycles. The van der Waals surface area contributed by atoms with Crippen molar-refractivity contribution in [3.05, 3.63) is 35.9 Å². The Morgan fingerprint density at radius 2 is 2.05 bits per heavy atom. The second kappa shape index (κ2) is 8.67. The lowest BCUT2D eigenvalue weighted by atomic mass is 10.1. The Morgan fingerprint density at radius 3 is 2.63 bits per heavy atom. The van der Waals surface area contributed by atoms with E-state index in [1.807, 2.05) is 37.3 Å². The zero-order valence-electron chi connectivity index (χ0n) is 11.6. The summed E-state index contributed by atoms with van der Waals surface area (Å²) in [5.74, 6) is -0.0427. The molecule has 0 radical (unpaired) electrons. The zero-order chi connectivity index (χ0) is 14.1. The van der Waals surface area contributed by atoms with Crippen LogP contribution in [-0.4, -0.2) is 36.9 Å². The highest BCUT2D eigenvalue weighted by molar-refractivity contribution is 5.76. The van der Waals surface area contributed by atoms with Crippen LogP contribution in [0.3, 0.4) is 0 Å². The molecule has 0 saturated heterocycles. The number of carbonyl (C=O) groups excluding carboxylic acids is 1. The van der Waals surface area contributed by atoms with E-state index in [9.17, 15) is 9.90 Å². The van der Waals surface area contributed by atoms with Crippen molar-refractivity contribution < 1.29 is 14.6 Å². The summed E-state index contributed by atoms with van der Waals surface area (Å²) in [4.78, 5) is 11.7. The summed E-state index contributed by atoms with van der Waals surface area (Å²) >= 11 is 0. The minimum atomic E-state index is -0.229. The highest BCUT2D eigenvalue weighted by Crippen LogP contribution is 2.04. The molecular weight excluding hydrogens is 242 g/mol. The maximum absolute atomic E-state index is 11.7. The molecule has 1 amide bonds. The quantitative estimate of drug-likeness (QED) is 0.749. The highest BCUT2D eigenvalue weighted by atomic mass is 16.5. The molecular formula is C15H23NO3. The second-order valence-electron chi connectivity index (χ2n) is 4.72. The van der Waals surface area contributed by atoms with Gasteiger partial charge in [-0.2, -0.15) is 0 Å². The summed E-state index contributed by atoms with van der Waals surface area (Å²) in [5, 5.41) is 12.2. The Balaban J connectivity index is 2.37. The van der Waals surface area contributed by atoms with Crippen molar-refractivity contribution in [1.82, 2.24) is 5.32 Å². The molecule has 19 heavy (non-hydrogen) atoms. The molecule has 1 aromatic carbocycles. The number of rotatable bonds is 8. The van der Waals surface area contributed by atoms with E-state index in [4.69, 9.17) is 4.74 Å². The first-order valence-corrected chi connectivity index (χ1v) is 6.62. The average Bonchev–Trinajstić information content (AvgIpc) is 2.45. The van der Waals surface area contributed by atoms with Crippen LogP contribution in [0, 0.1) is 0 Å². The van der Waals surface area contributed by atoms with Crippen LogP contribution in [0.25, 0.3) is 0 Å². The number of ether oxygens (including phenoxy) is 1. The van der Waals surface area contributed by atoms with Gasteiger partial charge in [0.2, 0.25) is 5.91 Å². The number of aliphatic hydroxyl groups is 1. The van der Waals surface area contributed by atoms with Crippen LogP contribution >= 0.6 is 0 Å². The highest BCUT2D eigenvalue weighted by Gasteiger charge is 2.12. The number of aliphatic hydroxyl groups excluding tert-OH is 1. The van der Waals surface area contributed by atoms with Gasteiger partial charge in [0.1, 0.15) is 0 Å². The molecule has 0 spiro atoms. The zero-order valence-corrected chi connectivity index (χ0v) is 11.6. The number of amides is 1. The molecule has 4 nitrogen and oxygen atoms in total. The minimum absolute atomic E-state index is 0.0427. The van der Waals surface area contributed by atoms with Crippen molar-refractivity contribution in [2.75, 3.05) is 13.7 Å². The molecule has 0 bridgehead atoms. The van der Waals surface area contributed by atoms with E-state index >= 15 is 0 Å². The third kappa shape index (κ3) is 6.36. The van der Waals surface area contributed by atoms with Gasteiger partial charge in [-0.25, -0.2) is 0 Å². The summed E-state index contributed by atoms with van der Waals surface area (Å²) in [6.45, 7) is 1.88. The van der Waals surface area contributed by atoms with Crippen molar-refractivity contribution in [1.29, 1.82) is 0 Å². The van der Waals surface area contributed by atoms with Crippen molar-refractivity contribution in [2.24, 2.45) is 0 Å². The fraction of sp³-hybridized carbons (Fsp3) is 0.533. The maximum Gasteiger partial charge on any atom is 0.220 e. The Bertz CT molecular complexity index is 367. The van der Waals surface area contributed by atoms with E-state index in [1.165, 1.54) is 0 Å². The van der Waals surface area contributed by atoms with E-state index in [0.29, 0.717) is 19.3 Å². The fourth-order valence-electron chi connectivity index (χ4n) is 1.81. The van der Waals surface area contributed by atoms with Crippen LogP contribution in [0.4, 0.5) is 0 Å². The van der Waals surface area contributed by atoms with Crippen LogP contribution in [-0.2, 0) is 16.0 Å². The summed E-state index contributed by atoms with van der Waals surface area (Å²) < 4.78 is 5.10. The third-order valence-electron chi connectivity index (χ3n) is 3.09. The molecule has 2 N–H and O–H groups in total. The minimum Gasteiger partial charge on any atom is -0.394 e. The fourth-order valence-corrected chi connectivity index (χ4v) is 1.81. The van der Waals surface area contributed by atoms with Crippen molar-refractivity contribution >= 4 is 5.91 Å². The smallest absolute Gasteiger partial charge is 0.220 e. The SMILES string of the molecule is COC(C)CCC(=O)N[C@@H](CO)Cc1ccccc1. The molecule has 4 heteroatoms. The van der Waals surface area contributed by atoms with E-state index in [0.717, 1.165) is 5.56 Å². The Kier molecular flexibility index (Phi) is 7.15. The molecule has 1 aromatic rings. The predicted molar refractivity (Wildman–Crippen MR) is 74.9 cm³/mol. The van der Waals surface area contributed by atoms with Gasteiger partial charge < -0.3 is 15.2 Å². The first kappa shape index (κ1) is 15.7. The van der Waals surface area contributed by atoms with E-state index in [2.05, 4.69) is 5.32 Å². The Morgan fingerprint density at radius 1 is 1.37 bits per heavy atom. The molecule has 0 aliphatic rings. The summed E-state index contributed by atoms with van der Waals surface area (Å²) in [5.41, 5.74) is 1.10. The molecule has 1 rings (SSSR count).